The second kappa shape index (κ2) is 3.58. The molecule has 1 aromatic carbocycles. The van der Waals surface area contributed by atoms with Crippen molar-refractivity contribution in [3.8, 4) is 0 Å². The minimum Gasteiger partial charge on any atom is -0.358 e. The molecule has 1 N–H and O–H groups in total. The number of hydrogen-bond acceptors (Lipinski definition) is 0. The minimum absolute atomic E-state index is 0.697. The lowest BCUT2D eigenvalue weighted by molar-refractivity contribution is 0.605. The maximum atomic E-state index is 3.53. The molecule has 1 nitrogen and oxygen atoms in total. The Morgan fingerprint density at radius 3 is 2.87 bits per heavy atom. The topological polar surface area (TPSA) is 15.8 Å². The lowest BCUT2D eigenvalue weighted by atomic mass is 9.91. The Kier molecular flexibility index (Phi) is 2.09. The summed E-state index contributed by atoms with van der Waals surface area (Å²) in [6, 6.07) is 10.8. The van der Waals surface area contributed by atoms with Gasteiger partial charge in [0, 0.05) is 17.1 Å². The highest BCUT2D eigenvalue weighted by Gasteiger charge is 2.14. The van der Waals surface area contributed by atoms with Crippen LogP contribution in [0, 0.1) is 0 Å². The van der Waals surface area contributed by atoms with E-state index in [1.165, 1.54) is 35.9 Å². The summed E-state index contributed by atoms with van der Waals surface area (Å²) in [5.74, 6) is 0.697. The van der Waals surface area contributed by atoms with Crippen LogP contribution in [0.4, 0.5) is 0 Å². The highest BCUT2D eigenvalue weighted by Crippen LogP contribution is 2.30. The molecule has 2 aromatic rings. The number of hydrogen-bond donors (Lipinski definition) is 1. The van der Waals surface area contributed by atoms with E-state index in [1.54, 1.807) is 0 Å². The fourth-order valence-corrected chi connectivity index (χ4v) is 2.39. The number of H-pyrrole nitrogens is 1. The van der Waals surface area contributed by atoms with Crippen molar-refractivity contribution in [3.05, 3.63) is 48.2 Å². The van der Waals surface area contributed by atoms with Crippen LogP contribution in [0.3, 0.4) is 0 Å². The van der Waals surface area contributed by atoms with Gasteiger partial charge < -0.3 is 4.98 Å². The molecule has 1 aliphatic rings. The summed E-state index contributed by atoms with van der Waals surface area (Å²) < 4.78 is 0. The monoisotopic (exact) mass is 197 g/mol. The van der Waals surface area contributed by atoms with Crippen molar-refractivity contribution in [2.24, 2.45) is 0 Å². The zero-order valence-electron chi connectivity index (χ0n) is 8.74. The zero-order chi connectivity index (χ0) is 10.1. The molecular weight excluding hydrogens is 182 g/mol. The van der Waals surface area contributed by atoms with E-state index in [0.717, 1.165) is 0 Å². The van der Waals surface area contributed by atoms with E-state index in [2.05, 4.69) is 47.5 Å². The van der Waals surface area contributed by atoms with Crippen molar-refractivity contribution in [2.75, 3.05) is 0 Å². The quantitative estimate of drug-likeness (QED) is 0.665. The standard InChI is InChI=1S/C14H15N/c1-2-6-11(7-3-1)14-10-12-8-4-5-9-13(12)15-14/h1-2,4-5,8-11,15H,3,6-7H2. The molecule has 15 heavy (non-hydrogen) atoms. The first kappa shape index (κ1) is 8.78. The minimum atomic E-state index is 0.697. The highest BCUT2D eigenvalue weighted by molar-refractivity contribution is 5.80. The molecule has 3 rings (SSSR count). The summed E-state index contributed by atoms with van der Waals surface area (Å²) in [6.45, 7) is 0. The first-order chi connectivity index (χ1) is 7.43. The van der Waals surface area contributed by atoms with Gasteiger partial charge in [0.15, 0.2) is 0 Å². The van der Waals surface area contributed by atoms with E-state index in [0.29, 0.717) is 5.92 Å². The molecular formula is C14H15N. The number of para-hydroxylation sites is 1. The second-order valence-corrected chi connectivity index (χ2v) is 4.29. The Bertz CT molecular complexity index is 460. The van der Waals surface area contributed by atoms with Crippen LogP contribution in [0.25, 0.3) is 10.9 Å². The summed E-state index contributed by atoms with van der Waals surface area (Å²) in [5.41, 5.74) is 2.67. The smallest absolute Gasteiger partial charge is 0.0456 e. The van der Waals surface area contributed by atoms with Gasteiger partial charge in [-0.2, -0.15) is 0 Å². The number of aromatic nitrogens is 1. The van der Waals surface area contributed by atoms with Gasteiger partial charge in [-0.05, 0) is 36.8 Å². The van der Waals surface area contributed by atoms with Crippen LogP contribution in [0.1, 0.15) is 30.9 Å². The number of benzene rings is 1. The van der Waals surface area contributed by atoms with Crippen molar-refractivity contribution in [1.82, 2.24) is 4.98 Å². The summed E-state index contributed by atoms with van der Waals surface area (Å²) in [4.78, 5) is 3.53. The van der Waals surface area contributed by atoms with Gasteiger partial charge in [0.1, 0.15) is 0 Å². The van der Waals surface area contributed by atoms with Crippen molar-refractivity contribution in [1.29, 1.82) is 0 Å². The van der Waals surface area contributed by atoms with Gasteiger partial charge in [0.05, 0.1) is 0 Å². The second-order valence-electron chi connectivity index (χ2n) is 4.29. The van der Waals surface area contributed by atoms with Crippen molar-refractivity contribution in [3.63, 3.8) is 0 Å². The third-order valence-electron chi connectivity index (χ3n) is 3.26. The van der Waals surface area contributed by atoms with Crippen LogP contribution in [0.2, 0.25) is 0 Å². The van der Waals surface area contributed by atoms with E-state index < -0.39 is 0 Å². The molecule has 0 fully saturated rings. The Morgan fingerprint density at radius 1 is 1.13 bits per heavy atom. The molecule has 0 aliphatic heterocycles. The zero-order valence-corrected chi connectivity index (χ0v) is 8.74. The van der Waals surface area contributed by atoms with E-state index in [-0.39, 0.29) is 0 Å². The molecule has 76 valence electrons. The normalized spacial score (nSPS) is 20.9. The summed E-state index contributed by atoms with van der Waals surface area (Å²) in [5, 5.41) is 1.34. The lowest BCUT2D eigenvalue weighted by Crippen LogP contribution is -2.00. The maximum Gasteiger partial charge on any atom is 0.0456 e. The molecule has 1 atom stereocenters. The van der Waals surface area contributed by atoms with Crippen molar-refractivity contribution in [2.45, 2.75) is 25.2 Å². The third kappa shape index (κ3) is 1.58. The summed E-state index contributed by atoms with van der Waals surface area (Å²) >= 11 is 0. The molecule has 0 bridgehead atoms. The van der Waals surface area contributed by atoms with Gasteiger partial charge in [-0.1, -0.05) is 30.4 Å². The van der Waals surface area contributed by atoms with Crippen molar-refractivity contribution < 1.29 is 0 Å². The van der Waals surface area contributed by atoms with Gasteiger partial charge >= 0.3 is 0 Å². The molecule has 1 aliphatic carbocycles. The van der Waals surface area contributed by atoms with E-state index in [4.69, 9.17) is 0 Å². The van der Waals surface area contributed by atoms with Gasteiger partial charge in [0.25, 0.3) is 0 Å². The third-order valence-corrected chi connectivity index (χ3v) is 3.26. The van der Waals surface area contributed by atoms with E-state index in [1.807, 2.05) is 0 Å². The predicted octanol–water partition coefficient (Wildman–Crippen LogP) is 3.99. The molecule has 1 unspecified atom stereocenters. The van der Waals surface area contributed by atoms with E-state index >= 15 is 0 Å². The average molecular weight is 197 g/mol. The molecule has 0 saturated carbocycles. The first-order valence-electron chi connectivity index (χ1n) is 5.66. The Morgan fingerprint density at radius 2 is 2.07 bits per heavy atom. The Labute approximate surface area is 89.8 Å². The van der Waals surface area contributed by atoms with Gasteiger partial charge in [-0.25, -0.2) is 0 Å². The maximum absolute atomic E-state index is 3.53. The predicted molar refractivity (Wildman–Crippen MR) is 64.0 cm³/mol. The molecule has 0 saturated heterocycles. The molecule has 0 amide bonds. The number of fused-ring (bicyclic) bond motifs is 1. The number of rotatable bonds is 1. The van der Waals surface area contributed by atoms with E-state index in [9.17, 15) is 0 Å². The van der Waals surface area contributed by atoms with Gasteiger partial charge in [0.2, 0.25) is 0 Å². The fourth-order valence-electron chi connectivity index (χ4n) is 2.39. The number of allylic oxidation sites excluding steroid dienone is 2. The average Bonchev–Trinajstić information content (AvgIpc) is 2.74. The summed E-state index contributed by atoms with van der Waals surface area (Å²) in [7, 11) is 0. The highest BCUT2D eigenvalue weighted by atomic mass is 14.7. The SMILES string of the molecule is C1=CCC(c2cc3ccccc3[nH]2)CC1. The van der Waals surface area contributed by atoms with Crippen LogP contribution in [0.5, 0.6) is 0 Å². The van der Waals surface area contributed by atoms with Crippen LogP contribution in [-0.2, 0) is 0 Å². The fraction of sp³-hybridized carbons (Fsp3) is 0.286. The number of nitrogens with one attached hydrogen (secondary N) is 1. The van der Waals surface area contributed by atoms with Gasteiger partial charge in [-0.15, -0.1) is 0 Å². The Hall–Kier alpha value is -1.50. The molecule has 0 radical (unpaired) electrons. The van der Waals surface area contributed by atoms with Gasteiger partial charge in [-0.3, -0.25) is 0 Å². The lowest BCUT2D eigenvalue weighted by Gasteiger charge is -2.15. The van der Waals surface area contributed by atoms with Crippen LogP contribution in [0.15, 0.2) is 42.5 Å². The van der Waals surface area contributed by atoms with Crippen LogP contribution >= 0.6 is 0 Å². The molecule has 1 heterocycles. The largest absolute Gasteiger partial charge is 0.358 e. The number of aromatic amines is 1. The van der Waals surface area contributed by atoms with Crippen molar-refractivity contribution >= 4 is 10.9 Å². The first-order valence-corrected chi connectivity index (χ1v) is 5.66. The van der Waals surface area contributed by atoms with Crippen LogP contribution < -0.4 is 0 Å². The summed E-state index contributed by atoms with van der Waals surface area (Å²) in [6.07, 6.45) is 8.29. The molecule has 1 heteroatoms. The van der Waals surface area contributed by atoms with Crippen LogP contribution in [-0.4, -0.2) is 4.98 Å². The molecule has 0 spiro atoms. The Balaban J connectivity index is 2.00. The molecule has 1 aromatic heterocycles.